The molecule has 1 N–H and O–H groups in total. The van der Waals surface area contributed by atoms with Crippen LogP contribution >= 0.6 is 0 Å². The molecule has 2 fully saturated rings. The fourth-order valence-corrected chi connectivity index (χ4v) is 2.93. The Kier molecular flexibility index (Phi) is 2.99. The van der Waals surface area contributed by atoms with Crippen molar-refractivity contribution in [1.29, 1.82) is 0 Å². The highest BCUT2D eigenvalue weighted by molar-refractivity contribution is 4.93. The summed E-state index contributed by atoms with van der Waals surface area (Å²) in [6, 6.07) is 0. The van der Waals surface area contributed by atoms with Crippen molar-refractivity contribution in [3.8, 4) is 0 Å². The van der Waals surface area contributed by atoms with Gasteiger partial charge in [-0.1, -0.05) is 6.42 Å². The number of nitrogens with zero attached hydrogens (tertiary/aromatic N) is 3. The lowest BCUT2D eigenvalue weighted by Crippen LogP contribution is -2.43. The SMILES string of the molecule is Cn1nc(CN2CCOCC3(CCC3)C2)[nH]c1=O. The standard InChI is InChI=1S/C12H20N4O2/c1-15-11(17)13-10(14-15)7-16-5-6-18-9-12(8-16)3-2-4-12/h2-9H2,1H3,(H,13,14,17). The quantitative estimate of drug-likeness (QED) is 0.811. The van der Waals surface area contributed by atoms with E-state index in [9.17, 15) is 4.79 Å². The molecule has 1 spiro atoms. The maximum atomic E-state index is 11.3. The van der Waals surface area contributed by atoms with Crippen LogP contribution in [0.1, 0.15) is 25.1 Å². The molecule has 1 aromatic rings. The second kappa shape index (κ2) is 4.51. The largest absolute Gasteiger partial charge is 0.379 e. The molecule has 0 atom stereocenters. The molecule has 2 aliphatic rings. The Hall–Kier alpha value is -1.14. The van der Waals surface area contributed by atoms with Gasteiger partial charge >= 0.3 is 5.69 Å². The summed E-state index contributed by atoms with van der Waals surface area (Å²) in [5.74, 6) is 0.749. The van der Waals surface area contributed by atoms with Gasteiger partial charge in [0.05, 0.1) is 19.8 Å². The second-order valence-electron chi connectivity index (χ2n) is 5.62. The maximum absolute atomic E-state index is 11.3. The van der Waals surface area contributed by atoms with Crippen molar-refractivity contribution in [1.82, 2.24) is 19.7 Å². The summed E-state index contributed by atoms with van der Waals surface area (Å²) in [6.07, 6.45) is 3.85. The number of H-pyrrole nitrogens is 1. The summed E-state index contributed by atoms with van der Waals surface area (Å²) >= 11 is 0. The van der Waals surface area contributed by atoms with E-state index in [1.54, 1.807) is 7.05 Å². The van der Waals surface area contributed by atoms with Crippen molar-refractivity contribution >= 4 is 0 Å². The first-order valence-corrected chi connectivity index (χ1v) is 6.59. The van der Waals surface area contributed by atoms with Crippen LogP contribution in [0.2, 0.25) is 0 Å². The summed E-state index contributed by atoms with van der Waals surface area (Å²) in [5.41, 5.74) is 0.223. The monoisotopic (exact) mass is 252 g/mol. The average molecular weight is 252 g/mol. The number of hydrogen-bond acceptors (Lipinski definition) is 4. The molecule has 0 unspecified atom stereocenters. The zero-order valence-corrected chi connectivity index (χ0v) is 10.8. The predicted octanol–water partition coefficient (Wildman–Crippen LogP) is 0.111. The van der Waals surface area contributed by atoms with Gasteiger partial charge in [0.1, 0.15) is 5.82 Å². The van der Waals surface area contributed by atoms with Crippen molar-refractivity contribution in [2.45, 2.75) is 25.8 Å². The molecule has 0 amide bonds. The Labute approximate surface area is 106 Å². The Bertz CT molecular complexity index is 475. The van der Waals surface area contributed by atoms with Gasteiger partial charge in [0.15, 0.2) is 0 Å². The Morgan fingerprint density at radius 2 is 2.33 bits per heavy atom. The summed E-state index contributed by atoms with van der Waals surface area (Å²) in [4.78, 5) is 16.5. The first-order chi connectivity index (χ1) is 8.67. The molecule has 1 saturated heterocycles. The number of hydrogen-bond donors (Lipinski definition) is 1. The third kappa shape index (κ3) is 2.22. The van der Waals surface area contributed by atoms with Crippen LogP contribution < -0.4 is 5.69 Å². The van der Waals surface area contributed by atoms with E-state index in [1.165, 1.54) is 23.9 Å². The van der Waals surface area contributed by atoms with Gasteiger partial charge in [-0.2, -0.15) is 5.10 Å². The fourth-order valence-electron chi connectivity index (χ4n) is 2.93. The fraction of sp³-hybridized carbons (Fsp3) is 0.833. The van der Waals surface area contributed by atoms with Gasteiger partial charge in [0.25, 0.3) is 0 Å². The van der Waals surface area contributed by atoms with Crippen molar-refractivity contribution < 1.29 is 4.74 Å². The van der Waals surface area contributed by atoms with Gasteiger partial charge in [-0.3, -0.25) is 9.88 Å². The highest BCUT2D eigenvalue weighted by Gasteiger charge is 2.40. The van der Waals surface area contributed by atoms with E-state index in [-0.39, 0.29) is 5.69 Å². The van der Waals surface area contributed by atoms with Crippen LogP contribution in [0.25, 0.3) is 0 Å². The lowest BCUT2D eigenvalue weighted by atomic mass is 9.69. The number of rotatable bonds is 2. The van der Waals surface area contributed by atoms with Gasteiger partial charge in [0.2, 0.25) is 0 Å². The van der Waals surface area contributed by atoms with Crippen molar-refractivity contribution in [2.75, 3.05) is 26.3 Å². The number of aromatic amines is 1. The lowest BCUT2D eigenvalue weighted by molar-refractivity contribution is 0.00937. The highest BCUT2D eigenvalue weighted by atomic mass is 16.5. The topological polar surface area (TPSA) is 63.1 Å². The van der Waals surface area contributed by atoms with Gasteiger partial charge in [-0.05, 0) is 12.8 Å². The Morgan fingerprint density at radius 1 is 1.50 bits per heavy atom. The Morgan fingerprint density at radius 3 is 2.94 bits per heavy atom. The van der Waals surface area contributed by atoms with Crippen molar-refractivity contribution in [3.05, 3.63) is 16.3 Å². The summed E-state index contributed by atoms with van der Waals surface area (Å²) in [5, 5.41) is 4.19. The first kappa shape index (κ1) is 11.9. The normalized spacial score (nSPS) is 23.8. The molecule has 0 radical (unpaired) electrons. The van der Waals surface area contributed by atoms with E-state index >= 15 is 0 Å². The van der Waals surface area contributed by atoms with E-state index < -0.39 is 0 Å². The van der Waals surface area contributed by atoms with Gasteiger partial charge in [0, 0.05) is 25.6 Å². The minimum Gasteiger partial charge on any atom is -0.379 e. The van der Waals surface area contributed by atoms with Gasteiger partial charge < -0.3 is 4.74 Å². The molecule has 6 nitrogen and oxygen atoms in total. The average Bonchev–Trinajstić information content (AvgIpc) is 2.52. The molecule has 2 heterocycles. The lowest BCUT2D eigenvalue weighted by Gasteiger charge is -2.42. The van der Waals surface area contributed by atoms with Crippen LogP contribution in [0.15, 0.2) is 4.79 Å². The third-order valence-electron chi connectivity index (χ3n) is 4.12. The smallest absolute Gasteiger partial charge is 0.343 e. The number of ether oxygens (including phenoxy) is 1. The molecular weight excluding hydrogens is 232 g/mol. The summed E-state index contributed by atoms with van der Waals surface area (Å²) < 4.78 is 7.06. The summed E-state index contributed by atoms with van der Waals surface area (Å²) in [7, 11) is 1.67. The molecule has 0 aromatic carbocycles. The molecule has 1 saturated carbocycles. The van der Waals surface area contributed by atoms with Crippen LogP contribution in [-0.4, -0.2) is 46.0 Å². The maximum Gasteiger partial charge on any atom is 0.343 e. The number of aromatic nitrogens is 3. The minimum absolute atomic E-state index is 0.144. The zero-order chi connectivity index (χ0) is 12.6. The first-order valence-electron chi connectivity index (χ1n) is 6.59. The molecule has 100 valence electrons. The molecule has 18 heavy (non-hydrogen) atoms. The van der Waals surface area contributed by atoms with Crippen LogP contribution in [0.5, 0.6) is 0 Å². The Balaban J connectivity index is 1.69. The van der Waals surface area contributed by atoms with Crippen molar-refractivity contribution in [2.24, 2.45) is 12.5 Å². The predicted molar refractivity (Wildman–Crippen MR) is 66.2 cm³/mol. The van der Waals surface area contributed by atoms with Crippen LogP contribution in [0.4, 0.5) is 0 Å². The van der Waals surface area contributed by atoms with E-state index in [1.807, 2.05) is 0 Å². The zero-order valence-electron chi connectivity index (χ0n) is 10.8. The third-order valence-corrected chi connectivity index (χ3v) is 4.12. The number of nitrogens with one attached hydrogen (secondary N) is 1. The highest BCUT2D eigenvalue weighted by Crippen LogP contribution is 2.42. The van der Waals surface area contributed by atoms with Gasteiger partial charge in [-0.25, -0.2) is 9.48 Å². The van der Waals surface area contributed by atoms with E-state index in [4.69, 9.17) is 4.74 Å². The van der Waals surface area contributed by atoms with Crippen LogP contribution in [0, 0.1) is 5.41 Å². The minimum atomic E-state index is -0.144. The molecule has 3 rings (SSSR count). The van der Waals surface area contributed by atoms with E-state index in [0.717, 1.165) is 32.1 Å². The molecule has 0 bridgehead atoms. The molecule has 1 aromatic heterocycles. The molecule has 1 aliphatic heterocycles. The summed E-state index contributed by atoms with van der Waals surface area (Å²) in [6.45, 7) is 4.36. The van der Waals surface area contributed by atoms with Crippen molar-refractivity contribution in [3.63, 3.8) is 0 Å². The van der Waals surface area contributed by atoms with Gasteiger partial charge in [-0.15, -0.1) is 0 Å². The second-order valence-corrected chi connectivity index (χ2v) is 5.62. The van der Waals surface area contributed by atoms with Crippen LogP contribution in [-0.2, 0) is 18.3 Å². The van der Waals surface area contributed by atoms with E-state index in [2.05, 4.69) is 15.0 Å². The van der Waals surface area contributed by atoms with E-state index in [0.29, 0.717) is 12.0 Å². The molecule has 1 aliphatic carbocycles. The van der Waals surface area contributed by atoms with Crippen LogP contribution in [0.3, 0.4) is 0 Å². The molecular formula is C12H20N4O2. The molecule has 6 heteroatoms. The number of aryl methyl sites for hydroxylation is 1.